The van der Waals surface area contributed by atoms with E-state index >= 15 is 0 Å². The van der Waals surface area contributed by atoms with Gasteiger partial charge in [0.1, 0.15) is 0 Å². The topological polar surface area (TPSA) is 29.3 Å². The van der Waals surface area contributed by atoms with Crippen LogP contribution in [0.15, 0.2) is 30.3 Å². The molecule has 0 aromatic heterocycles. The van der Waals surface area contributed by atoms with Gasteiger partial charge in [-0.2, -0.15) is 0 Å². The van der Waals surface area contributed by atoms with E-state index in [1.54, 1.807) is 0 Å². The summed E-state index contributed by atoms with van der Waals surface area (Å²) in [4.78, 5) is 2.48. The lowest BCUT2D eigenvalue weighted by molar-refractivity contribution is 0.152. The second-order valence-electron chi connectivity index (χ2n) is 4.25. The van der Waals surface area contributed by atoms with Gasteiger partial charge in [0, 0.05) is 18.6 Å². The van der Waals surface area contributed by atoms with Gasteiger partial charge in [-0.15, -0.1) is 0 Å². The van der Waals surface area contributed by atoms with Crippen LogP contribution in [0.5, 0.6) is 0 Å². The smallest absolute Gasteiger partial charge is 0.0473 e. The third-order valence-electron chi connectivity index (χ3n) is 3.33. The molecule has 0 aliphatic rings. The summed E-state index contributed by atoms with van der Waals surface area (Å²) in [6.07, 6.45) is 1.16. The van der Waals surface area contributed by atoms with Gasteiger partial charge < -0.3 is 5.73 Å². The highest BCUT2D eigenvalue weighted by Gasteiger charge is 2.20. The normalized spacial score (nSPS) is 15.1. The molecule has 0 bridgehead atoms. The van der Waals surface area contributed by atoms with E-state index in [4.69, 9.17) is 5.73 Å². The molecule has 1 rings (SSSR count). The van der Waals surface area contributed by atoms with Gasteiger partial charge in [0.15, 0.2) is 0 Å². The molecule has 2 heteroatoms. The molecule has 0 spiro atoms. The lowest BCUT2D eigenvalue weighted by Crippen LogP contribution is -2.39. The van der Waals surface area contributed by atoms with Crippen molar-refractivity contribution in [3.05, 3.63) is 35.9 Å². The lowest BCUT2D eigenvalue weighted by Gasteiger charge is -2.35. The van der Waals surface area contributed by atoms with Crippen LogP contribution in [-0.4, -0.2) is 24.0 Å². The molecule has 0 saturated heterocycles. The van der Waals surface area contributed by atoms with Crippen LogP contribution in [0.1, 0.15) is 38.8 Å². The van der Waals surface area contributed by atoms with E-state index in [2.05, 4.69) is 56.0 Å². The molecule has 0 heterocycles. The van der Waals surface area contributed by atoms with E-state index in [-0.39, 0.29) is 0 Å². The number of likely N-dealkylation sites (N-methyl/N-ethyl adjacent to an activating group) is 1. The van der Waals surface area contributed by atoms with Gasteiger partial charge in [0.05, 0.1) is 0 Å². The van der Waals surface area contributed by atoms with Gasteiger partial charge in [0.25, 0.3) is 0 Å². The summed E-state index contributed by atoms with van der Waals surface area (Å²) in [5.74, 6) is 0. The van der Waals surface area contributed by atoms with Gasteiger partial charge >= 0.3 is 0 Å². The Balaban J connectivity index is 2.87. The predicted molar refractivity (Wildman–Crippen MR) is 70.4 cm³/mol. The first-order valence-electron chi connectivity index (χ1n) is 6.25. The van der Waals surface area contributed by atoms with Gasteiger partial charge in [-0.25, -0.2) is 0 Å². The van der Waals surface area contributed by atoms with E-state index < -0.39 is 0 Å². The van der Waals surface area contributed by atoms with Crippen LogP contribution in [0.4, 0.5) is 0 Å². The first kappa shape index (κ1) is 13.2. The molecule has 2 nitrogen and oxygen atoms in total. The van der Waals surface area contributed by atoms with E-state index in [1.807, 2.05) is 0 Å². The zero-order valence-electron chi connectivity index (χ0n) is 10.7. The SMILES string of the molecule is CCC(C)N(CC)C(CN)c1ccccc1. The fourth-order valence-corrected chi connectivity index (χ4v) is 2.21. The molecule has 2 N–H and O–H groups in total. The zero-order chi connectivity index (χ0) is 12.0. The van der Waals surface area contributed by atoms with Gasteiger partial charge in [0.2, 0.25) is 0 Å². The van der Waals surface area contributed by atoms with Crippen molar-refractivity contribution in [1.29, 1.82) is 0 Å². The van der Waals surface area contributed by atoms with Crippen LogP contribution in [0.3, 0.4) is 0 Å². The molecule has 1 aromatic rings. The first-order valence-corrected chi connectivity index (χ1v) is 6.25. The Labute approximate surface area is 99.5 Å². The fraction of sp³-hybridized carbons (Fsp3) is 0.571. The molecule has 0 saturated carbocycles. The maximum absolute atomic E-state index is 5.93. The number of nitrogens with zero attached hydrogens (tertiary/aromatic N) is 1. The molecular weight excluding hydrogens is 196 g/mol. The summed E-state index contributed by atoms with van der Waals surface area (Å²) >= 11 is 0. The Bertz CT molecular complexity index is 284. The maximum atomic E-state index is 5.93. The van der Waals surface area contributed by atoms with Crippen molar-refractivity contribution in [1.82, 2.24) is 4.90 Å². The number of hydrogen-bond donors (Lipinski definition) is 1. The average Bonchev–Trinajstić information content (AvgIpc) is 2.36. The number of nitrogens with two attached hydrogens (primary N) is 1. The zero-order valence-corrected chi connectivity index (χ0v) is 10.7. The van der Waals surface area contributed by atoms with E-state index in [0.29, 0.717) is 18.6 Å². The van der Waals surface area contributed by atoms with Crippen molar-refractivity contribution < 1.29 is 0 Å². The molecule has 0 fully saturated rings. The summed E-state index contributed by atoms with van der Waals surface area (Å²) < 4.78 is 0. The van der Waals surface area contributed by atoms with Crippen molar-refractivity contribution in [3.63, 3.8) is 0 Å². The Kier molecular flexibility index (Phi) is 5.50. The third kappa shape index (κ3) is 3.06. The minimum atomic E-state index is 0.348. The standard InChI is InChI=1S/C14H24N2/c1-4-12(3)16(5-2)14(11-15)13-9-7-6-8-10-13/h6-10,12,14H,4-5,11,15H2,1-3H3. The Morgan fingerprint density at radius 1 is 1.19 bits per heavy atom. The van der Waals surface area contributed by atoms with Crippen molar-refractivity contribution in [2.24, 2.45) is 5.73 Å². The largest absolute Gasteiger partial charge is 0.329 e. The monoisotopic (exact) mass is 220 g/mol. The van der Waals surface area contributed by atoms with Crippen LogP contribution in [-0.2, 0) is 0 Å². The van der Waals surface area contributed by atoms with Gasteiger partial charge in [-0.05, 0) is 25.5 Å². The second-order valence-corrected chi connectivity index (χ2v) is 4.25. The molecule has 0 aliphatic carbocycles. The van der Waals surface area contributed by atoms with Crippen LogP contribution < -0.4 is 5.73 Å². The summed E-state index contributed by atoms with van der Waals surface area (Å²) in [6, 6.07) is 11.5. The fourth-order valence-electron chi connectivity index (χ4n) is 2.21. The van der Waals surface area contributed by atoms with Crippen molar-refractivity contribution in [2.45, 2.75) is 39.3 Å². The maximum Gasteiger partial charge on any atom is 0.0473 e. The van der Waals surface area contributed by atoms with Gasteiger partial charge in [-0.3, -0.25) is 4.90 Å². The van der Waals surface area contributed by atoms with Crippen molar-refractivity contribution in [2.75, 3.05) is 13.1 Å². The molecule has 2 unspecified atom stereocenters. The van der Waals surface area contributed by atoms with E-state index in [9.17, 15) is 0 Å². The molecule has 2 atom stereocenters. The van der Waals surface area contributed by atoms with Crippen LogP contribution >= 0.6 is 0 Å². The summed E-state index contributed by atoms with van der Waals surface area (Å²) in [7, 11) is 0. The predicted octanol–water partition coefficient (Wildman–Crippen LogP) is 2.81. The summed E-state index contributed by atoms with van der Waals surface area (Å²) in [5, 5.41) is 0. The van der Waals surface area contributed by atoms with Gasteiger partial charge in [-0.1, -0.05) is 44.2 Å². The average molecular weight is 220 g/mol. The third-order valence-corrected chi connectivity index (χ3v) is 3.33. The van der Waals surface area contributed by atoms with Crippen LogP contribution in [0.25, 0.3) is 0 Å². The number of rotatable bonds is 6. The number of benzene rings is 1. The lowest BCUT2D eigenvalue weighted by atomic mass is 10.0. The molecule has 0 amide bonds. The molecule has 0 radical (unpaired) electrons. The van der Waals surface area contributed by atoms with Crippen LogP contribution in [0, 0.1) is 0 Å². The van der Waals surface area contributed by atoms with E-state index in [1.165, 1.54) is 5.56 Å². The molecule has 90 valence electrons. The highest BCUT2D eigenvalue weighted by atomic mass is 15.2. The van der Waals surface area contributed by atoms with Crippen LogP contribution in [0.2, 0.25) is 0 Å². The molecule has 1 aromatic carbocycles. The van der Waals surface area contributed by atoms with E-state index in [0.717, 1.165) is 13.0 Å². The molecule has 0 aliphatic heterocycles. The van der Waals surface area contributed by atoms with Crippen molar-refractivity contribution in [3.8, 4) is 0 Å². The highest BCUT2D eigenvalue weighted by molar-refractivity contribution is 5.19. The quantitative estimate of drug-likeness (QED) is 0.798. The first-order chi connectivity index (χ1) is 7.74. The number of hydrogen-bond acceptors (Lipinski definition) is 2. The second kappa shape index (κ2) is 6.66. The summed E-state index contributed by atoms with van der Waals surface area (Å²) in [6.45, 7) is 8.44. The highest BCUT2D eigenvalue weighted by Crippen LogP contribution is 2.22. The minimum absolute atomic E-state index is 0.348. The Morgan fingerprint density at radius 3 is 2.25 bits per heavy atom. The Morgan fingerprint density at radius 2 is 1.81 bits per heavy atom. The molecular formula is C14H24N2. The molecule has 16 heavy (non-hydrogen) atoms. The summed E-state index contributed by atoms with van der Waals surface area (Å²) in [5.41, 5.74) is 7.26. The Hall–Kier alpha value is -0.860. The van der Waals surface area contributed by atoms with Crippen molar-refractivity contribution >= 4 is 0 Å². The minimum Gasteiger partial charge on any atom is -0.329 e.